The van der Waals surface area contributed by atoms with Crippen molar-refractivity contribution in [1.29, 1.82) is 0 Å². The Morgan fingerprint density at radius 3 is 2.75 bits per heavy atom. The molecule has 12 heavy (non-hydrogen) atoms. The Bertz CT molecular complexity index is 163. The van der Waals surface area contributed by atoms with Crippen LogP contribution >= 0.6 is 0 Å². The Hall–Kier alpha value is -0.500. The summed E-state index contributed by atoms with van der Waals surface area (Å²) < 4.78 is 0. The molecule has 0 radical (unpaired) electrons. The third-order valence-electron chi connectivity index (χ3n) is 2.20. The average molecular weight is 168 g/mol. The molecule has 1 heterocycles. The molecule has 2 heteroatoms. The molecule has 0 aromatic heterocycles. The standard InChI is InChI=1S/C10H20N2/c1-4-6-12-8-10(3)7-11(5-2)9-12/h7H,4-6,8-9H2,1-3H3. The van der Waals surface area contributed by atoms with Crippen LogP contribution in [0.15, 0.2) is 11.8 Å². The van der Waals surface area contributed by atoms with Gasteiger partial charge in [-0.3, -0.25) is 4.90 Å². The molecule has 0 bridgehead atoms. The van der Waals surface area contributed by atoms with Gasteiger partial charge in [0.25, 0.3) is 0 Å². The third kappa shape index (κ3) is 2.52. The van der Waals surface area contributed by atoms with Gasteiger partial charge < -0.3 is 4.90 Å². The van der Waals surface area contributed by atoms with Crippen LogP contribution in [0, 0.1) is 0 Å². The topological polar surface area (TPSA) is 6.48 Å². The molecule has 1 aliphatic rings. The molecule has 0 aromatic rings. The first-order valence-electron chi connectivity index (χ1n) is 4.90. The summed E-state index contributed by atoms with van der Waals surface area (Å²) in [6.07, 6.45) is 3.54. The van der Waals surface area contributed by atoms with Gasteiger partial charge in [0, 0.05) is 19.3 Å². The van der Waals surface area contributed by atoms with E-state index < -0.39 is 0 Å². The van der Waals surface area contributed by atoms with E-state index in [9.17, 15) is 0 Å². The van der Waals surface area contributed by atoms with Crippen LogP contribution in [0.3, 0.4) is 0 Å². The fourth-order valence-electron chi connectivity index (χ4n) is 1.71. The molecule has 0 saturated carbocycles. The van der Waals surface area contributed by atoms with Crippen molar-refractivity contribution in [2.75, 3.05) is 26.3 Å². The van der Waals surface area contributed by atoms with Crippen molar-refractivity contribution in [3.05, 3.63) is 11.8 Å². The minimum Gasteiger partial charge on any atom is -0.365 e. The molecule has 2 nitrogen and oxygen atoms in total. The van der Waals surface area contributed by atoms with E-state index >= 15 is 0 Å². The van der Waals surface area contributed by atoms with Gasteiger partial charge in [0.2, 0.25) is 0 Å². The molecule has 1 aliphatic heterocycles. The highest BCUT2D eigenvalue weighted by atomic mass is 15.3. The molecule has 0 saturated heterocycles. The fourth-order valence-corrected chi connectivity index (χ4v) is 1.71. The van der Waals surface area contributed by atoms with Crippen molar-refractivity contribution in [3.8, 4) is 0 Å². The highest BCUT2D eigenvalue weighted by molar-refractivity contribution is 5.03. The minimum atomic E-state index is 1.11. The van der Waals surface area contributed by atoms with Crippen molar-refractivity contribution in [1.82, 2.24) is 9.80 Å². The van der Waals surface area contributed by atoms with Gasteiger partial charge in [-0.05, 0) is 32.4 Å². The van der Waals surface area contributed by atoms with Gasteiger partial charge in [0.15, 0.2) is 0 Å². The summed E-state index contributed by atoms with van der Waals surface area (Å²) in [6.45, 7) is 11.3. The molecule has 0 fully saturated rings. The molecule has 0 aromatic carbocycles. The van der Waals surface area contributed by atoms with Gasteiger partial charge in [-0.25, -0.2) is 0 Å². The molecular formula is C10H20N2. The lowest BCUT2D eigenvalue weighted by Gasteiger charge is -2.34. The maximum atomic E-state index is 2.50. The van der Waals surface area contributed by atoms with Crippen LogP contribution < -0.4 is 0 Å². The van der Waals surface area contributed by atoms with Crippen LogP contribution in [0.25, 0.3) is 0 Å². The van der Waals surface area contributed by atoms with E-state index in [4.69, 9.17) is 0 Å². The van der Waals surface area contributed by atoms with E-state index in [0.29, 0.717) is 0 Å². The summed E-state index contributed by atoms with van der Waals surface area (Å²) in [5, 5.41) is 0. The van der Waals surface area contributed by atoms with E-state index in [-0.39, 0.29) is 0 Å². The van der Waals surface area contributed by atoms with Gasteiger partial charge in [-0.15, -0.1) is 0 Å². The molecule has 0 aliphatic carbocycles. The second-order valence-electron chi connectivity index (χ2n) is 3.57. The summed E-state index contributed by atoms with van der Waals surface area (Å²) in [6, 6.07) is 0. The SMILES string of the molecule is CCCN1CC(C)=CN(CC)C1. The normalized spacial score (nSPS) is 19.6. The van der Waals surface area contributed by atoms with Crippen molar-refractivity contribution in [2.24, 2.45) is 0 Å². The molecule has 0 spiro atoms. The second kappa shape index (κ2) is 4.51. The number of hydrogen-bond acceptors (Lipinski definition) is 2. The Morgan fingerprint density at radius 1 is 1.42 bits per heavy atom. The monoisotopic (exact) mass is 168 g/mol. The molecule has 0 N–H and O–H groups in total. The Morgan fingerprint density at radius 2 is 2.17 bits per heavy atom. The first-order valence-corrected chi connectivity index (χ1v) is 4.90. The van der Waals surface area contributed by atoms with Crippen molar-refractivity contribution >= 4 is 0 Å². The van der Waals surface area contributed by atoms with Crippen LogP contribution in [0.1, 0.15) is 27.2 Å². The average Bonchev–Trinajstić information content (AvgIpc) is 2.04. The highest BCUT2D eigenvalue weighted by Crippen LogP contribution is 2.09. The Labute approximate surface area is 75.8 Å². The van der Waals surface area contributed by atoms with E-state index in [2.05, 4.69) is 36.8 Å². The summed E-state index contributed by atoms with van der Waals surface area (Å²) >= 11 is 0. The number of rotatable bonds is 3. The van der Waals surface area contributed by atoms with E-state index in [1.807, 2.05) is 0 Å². The minimum absolute atomic E-state index is 1.11. The van der Waals surface area contributed by atoms with Gasteiger partial charge in [-0.2, -0.15) is 0 Å². The number of hydrogen-bond donors (Lipinski definition) is 0. The summed E-state index contributed by atoms with van der Waals surface area (Å²) in [5.74, 6) is 0. The lowest BCUT2D eigenvalue weighted by Crippen LogP contribution is -2.40. The Balaban J connectivity index is 2.47. The zero-order valence-corrected chi connectivity index (χ0v) is 8.51. The maximum Gasteiger partial charge on any atom is 0.0704 e. The quantitative estimate of drug-likeness (QED) is 0.635. The summed E-state index contributed by atoms with van der Waals surface area (Å²) in [5.41, 5.74) is 1.48. The first kappa shape index (κ1) is 9.59. The smallest absolute Gasteiger partial charge is 0.0704 e. The summed E-state index contributed by atoms with van der Waals surface area (Å²) in [7, 11) is 0. The lowest BCUT2D eigenvalue weighted by molar-refractivity contribution is 0.168. The predicted molar refractivity (Wildman–Crippen MR) is 52.9 cm³/mol. The molecule has 70 valence electrons. The zero-order valence-electron chi connectivity index (χ0n) is 8.51. The van der Waals surface area contributed by atoms with E-state index in [0.717, 1.165) is 19.8 Å². The predicted octanol–water partition coefficient (Wildman–Crippen LogP) is 1.90. The lowest BCUT2D eigenvalue weighted by atomic mass is 10.2. The first-order chi connectivity index (χ1) is 5.76. The molecule has 0 amide bonds. The van der Waals surface area contributed by atoms with Crippen molar-refractivity contribution in [3.63, 3.8) is 0 Å². The van der Waals surface area contributed by atoms with Gasteiger partial charge >= 0.3 is 0 Å². The molecule has 0 unspecified atom stereocenters. The third-order valence-corrected chi connectivity index (χ3v) is 2.20. The maximum absolute atomic E-state index is 2.50. The van der Waals surface area contributed by atoms with Gasteiger partial charge in [0.1, 0.15) is 0 Å². The highest BCUT2D eigenvalue weighted by Gasteiger charge is 2.12. The van der Waals surface area contributed by atoms with Crippen molar-refractivity contribution in [2.45, 2.75) is 27.2 Å². The Kier molecular flexibility index (Phi) is 3.60. The van der Waals surface area contributed by atoms with Crippen LogP contribution in [0.4, 0.5) is 0 Å². The van der Waals surface area contributed by atoms with Crippen LogP contribution in [0.5, 0.6) is 0 Å². The van der Waals surface area contributed by atoms with E-state index in [1.54, 1.807) is 0 Å². The van der Waals surface area contributed by atoms with Gasteiger partial charge in [0.05, 0.1) is 6.67 Å². The van der Waals surface area contributed by atoms with Crippen LogP contribution in [-0.2, 0) is 0 Å². The van der Waals surface area contributed by atoms with Gasteiger partial charge in [-0.1, -0.05) is 6.92 Å². The van der Waals surface area contributed by atoms with Crippen LogP contribution in [-0.4, -0.2) is 36.1 Å². The van der Waals surface area contributed by atoms with E-state index in [1.165, 1.54) is 18.5 Å². The molecular weight excluding hydrogens is 148 g/mol. The second-order valence-corrected chi connectivity index (χ2v) is 3.57. The van der Waals surface area contributed by atoms with Crippen molar-refractivity contribution < 1.29 is 0 Å². The zero-order chi connectivity index (χ0) is 8.97. The fraction of sp³-hybridized carbons (Fsp3) is 0.800. The molecule has 0 atom stereocenters. The van der Waals surface area contributed by atoms with Crippen LogP contribution in [0.2, 0.25) is 0 Å². The number of nitrogens with zero attached hydrogens (tertiary/aromatic N) is 2. The largest absolute Gasteiger partial charge is 0.365 e. The summed E-state index contributed by atoms with van der Waals surface area (Å²) in [4.78, 5) is 4.87. The molecule has 1 rings (SSSR count).